The fourth-order valence-electron chi connectivity index (χ4n) is 2.39. The maximum Gasteiger partial charge on any atom is 0.443 e. The van der Waals surface area contributed by atoms with E-state index in [1.165, 1.54) is 6.20 Å². The molecule has 0 amide bonds. The van der Waals surface area contributed by atoms with Gasteiger partial charge in [-0.05, 0) is 25.8 Å². The number of halogens is 3. The highest BCUT2D eigenvalue weighted by Gasteiger charge is 2.36. The zero-order chi connectivity index (χ0) is 14.6. The second-order valence-electron chi connectivity index (χ2n) is 4.97. The van der Waals surface area contributed by atoms with Gasteiger partial charge in [0.05, 0.1) is 6.61 Å². The van der Waals surface area contributed by atoms with Gasteiger partial charge in [-0.15, -0.1) is 11.3 Å². The molecule has 0 radical (unpaired) electrons. The van der Waals surface area contributed by atoms with Gasteiger partial charge in [-0.3, -0.25) is 0 Å². The van der Waals surface area contributed by atoms with Crippen molar-refractivity contribution in [3.05, 3.63) is 16.1 Å². The van der Waals surface area contributed by atoms with Crippen molar-refractivity contribution in [1.82, 2.24) is 10.3 Å². The lowest BCUT2D eigenvalue weighted by Gasteiger charge is -2.30. The van der Waals surface area contributed by atoms with Crippen LogP contribution >= 0.6 is 11.3 Å². The fraction of sp³-hybridized carbons (Fsp3) is 0.769. The van der Waals surface area contributed by atoms with Crippen LogP contribution in [0.15, 0.2) is 6.20 Å². The van der Waals surface area contributed by atoms with Crippen LogP contribution in [0.3, 0.4) is 0 Å². The first-order valence-electron chi connectivity index (χ1n) is 6.86. The van der Waals surface area contributed by atoms with Gasteiger partial charge in [0.2, 0.25) is 0 Å². The van der Waals surface area contributed by atoms with Gasteiger partial charge in [0.25, 0.3) is 0 Å². The summed E-state index contributed by atoms with van der Waals surface area (Å²) in [5.74, 6) is 0.219. The Balaban J connectivity index is 2.14. The van der Waals surface area contributed by atoms with E-state index in [0.29, 0.717) is 11.5 Å². The van der Waals surface area contributed by atoms with Crippen molar-refractivity contribution in [3.63, 3.8) is 0 Å². The second kappa shape index (κ2) is 6.87. The Morgan fingerprint density at radius 3 is 2.90 bits per heavy atom. The van der Waals surface area contributed by atoms with Crippen LogP contribution in [0.4, 0.5) is 13.2 Å². The van der Waals surface area contributed by atoms with E-state index in [1.807, 2.05) is 6.92 Å². The summed E-state index contributed by atoms with van der Waals surface area (Å²) in [4.78, 5) is 4.18. The molecule has 2 rings (SSSR count). The normalized spacial score (nSPS) is 21.9. The number of nitrogens with one attached hydrogen (secondary N) is 1. The Labute approximate surface area is 120 Å². The minimum absolute atomic E-state index is 0.0937. The average molecular weight is 308 g/mol. The van der Waals surface area contributed by atoms with Crippen molar-refractivity contribution in [3.8, 4) is 0 Å². The minimum atomic E-state index is -4.36. The Kier molecular flexibility index (Phi) is 5.40. The molecule has 0 bridgehead atoms. The quantitative estimate of drug-likeness (QED) is 0.902. The number of thiazole rings is 1. The third-order valence-electron chi connectivity index (χ3n) is 3.35. The topological polar surface area (TPSA) is 34.2 Å². The highest BCUT2D eigenvalue weighted by atomic mass is 32.1. The number of aromatic nitrogens is 1. The molecule has 1 fully saturated rings. The first-order valence-corrected chi connectivity index (χ1v) is 7.68. The van der Waals surface area contributed by atoms with Gasteiger partial charge in [0.1, 0.15) is 0 Å². The van der Waals surface area contributed by atoms with Crippen LogP contribution in [0.2, 0.25) is 0 Å². The molecule has 1 aromatic rings. The van der Waals surface area contributed by atoms with E-state index >= 15 is 0 Å². The molecule has 114 valence electrons. The first kappa shape index (κ1) is 15.7. The summed E-state index contributed by atoms with van der Waals surface area (Å²) < 4.78 is 43.4. The largest absolute Gasteiger partial charge is 0.443 e. The molecule has 0 aliphatic carbocycles. The Morgan fingerprint density at radius 2 is 2.35 bits per heavy atom. The Hall–Kier alpha value is -0.660. The van der Waals surface area contributed by atoms with E-state index in [4.69, 9.17) is 4.74 Å². The summed E-state index contributed by atoms with van der Waals surface area (Å²) in [6, 6.07) is -0.0937. The van der Waals surface area contributed by atoms with Crippen LogP contribution in [0, 0.1) is 5.92 Å². The van der Waals surface area contributed by atoms with Crippen LogP contribution < -0.4 is 5.32 Å². The molecule has 1 aliphatic rings. The Morgan fingerprint density at radius 1 is 1.55 bits per heavy atom. The molecule has 0 spiro atoms. The van der Waals surface area contributed by atoms with Gasteiger partial charge >= 0.3 is 6.18 Å². The molecule has 1 N–H and O–H groups in total. The zero-order valence-corrected chi connectivity index (χ0v) is 12.2. The van der Waals surface area contributed by atoms with Crippen LogP contribution in [-0.4, -0.2) is 24.7 Å². The molecule has 1 aromatic heterocycles. The lowest BCUT2D eigenvalue weighted by atomic mass is 9.93. The van der Waals surface area contributed by atoms with Gasteiger partial charge in [0, 0.05) is 29.6 Å². The predicted molar refractivity (Wildman–Crippen MR) is 71.7 cm³/mol. The maximum absolute atomic E-state index is 12.7. The molecule has 1 aliphatic heterocycles. The number of ether oxygens (including phenoxy) is 1. The number of nitrogens with zero attached hydrogens (tertiary/aromatic N) is 1. The molecule has 1 saturated heterocycles. The monoisotopic (exact) mass is 308 g/mol. The molecular formula is C13H19F3N2OS. The van der Waals surface area contributed by atoms with Gasteiger partial charge in [0.15, 0.2) is 5.01 Å². The van der Waals surface area contributed by atoms with Crippen molar-refractivity contribution >= 4 is 11.3 Å². The average Bonchev–Trinajstić information content (AvgIpc) is 2.90. The number of rotatable bonds is 5. The fourth-order valence-corrected chi connectivity index (χ4v) is 3.34. The standard InChI is InChI=1S/C13H19F3N2OS/c1-2-5-17-11(9-4-3-6-19-8-9)10-7-18-12(20-10)13(14,15)16/h7,9,11,17H,2-6,8H2,1H3. The highest BCUT2D eigenvalue weighted by Crippen LogP contribution is 2.37. The maximum atomic E-state index is 12.7. The van der Waals surface area contributed by atoms with Crippen LogP contribution in [0.1, 0.15) is 42.1 Å². The lowest BCUT2D eigenvalue weighted by molar-refractivity contribution is -0.137. The van der Waals surface area contributed by atoms with Crippen LogP contribution in [0.25, 0.3) is 0 Å². The molecule has 20 heavy (non-hydrogen) atoms. The zero-order valence-electron chi connectivity index (χ0n) is 11.4. The lowest BCUT2D eigenvalue weighted by Crippen LogP contribution is -2.33. The van der Waals surface area contributed by atoms with Crippen molar-refractivity contribution in [2.45, 2.75) is 38.4 Å². The third-order valence-corrected chi connectivity index (χ3v) is 4.48. The van der Waals surface area contributed by atoms with Crippen molar-refractivity contribution in [2.24, 2.45) is 5.92 Å². The molecule has 2 heterocycles. The summed E-state index contributed by atoms with van der Waals surface area (Å²) in [7, 11) is 0. The van der Waals surface area contributed by atoms with E-state index < -0.39 is 11.2 Å². The summed E-state index contributed by atoms with van der Waals surface area (Å²) in [6.45, 7) is 4.16. The summed E-state index contributed by atoms with van der Waals surface area (Å²) >= 11 is 0.738. The van der Waals surface area contributed by atoms with E-state index in [9.17, 15) is 13.2 Å². The van der Waals surface area contributed by atoms with Crippen LogP contribution in [-0.2, 0) is 10.9 Å². The first-order chi connectivity index (χ1) is 9.52. The van der Waals surface area contributed by atoms with E-state index in [-0.39, 0.29) is 12.0 Å². The van der Waals surface area contributed by atoms with Crippen molar-refractivity contribution in [1.29, 1.82) is 0 Å². The molecule has 2 unspecified atom stereocenters. The molecule has 3 nitrogen and oxygen atoms in total. The molecule has 0 aromatic carbocycles. The number of hydrogen-bond acceptors (Lipinski definition) is 4. The van der Waals surface area contributed by atoms with Gasteiger partial charge in [-0.1, -0.05) is 6.92 Å². The van der Waals surface area contributed by atoms with Gasteiger partial charge in [-0.25, -0.2) is 4.98 Å². The third kappa shape index (κ3) is 3.93. The summed E-state index contributed by atoms with van der Waals surface area (Å²) in [5, 5.41) is 2.57. The van der Waals surface area contributed by atoms with E-state index in [2.05, 4.69) is 10.3 Å². The van der Waals surface area contributed by atoms with Crippen molar-refractivity contribution in [2.75, 3.05) is 19.8 Å². The highest BCUT2D eigenvalue weighted by molar-refractivity contribution is 7.11. The van der Waals surface area contributed by atoms with Gasteiger partial charge in [-0.2, -0.15) is 13.2 Å². The Bertz CT molecular complexity index is 416. The number of hydrogen-bond donors (Lipinski definition) is 1. The predicted octanol–water partition coefficient (Wildman–Crippen LogP) is 3.63. The van der Waals surface area contributed by atoms with Crippen molar-refractivity contribution < 1.29 is 17.9 Å². The molecule has 7 heteroatoms. The number of alkyl halides is 3. The summed E-state index contributed by atoms with van der Waals surface area (Å²) in [5.41, 5.74) is 0. The van der Waals surface area contributed by atoms with Crippen LogP contribution in [0.5, 0.6) is 0 Å². The second-order valence-corrected chi connectivity index (χ2v) is 6.04. The molecular weight excluding hydrogens is 289 g/mol. The van der Waals surface area contributed by atoms with E-state index in [1.54, 1.807) is 0 Å². The smallest absolute Gasteiger partial charge is 0.381 e. The molecule has 0 saturated carbocycles. The summed E-state index contributed by atoms with van der Waals surface area (Å²) in [6.07, 6.45) is -0.133. The minimum Gasteiger partial charge on any atom is -0.381 e. The SMILES string of the molecule is CCCNC(c1cnc(C(F)(F)F)s1)C1CCCOC1. The van der Waals surface area contributed by atoms with E-state index in [0.717, 1.165) is 43.8 Å². The molecule has 2 atom stereocenters. The van der Waals surface area contributed by atoms with Gasteiger partial charge < -0.3 is 10.1 Å².